The van der Waals surface area contributed by atoms with Crippen molar-refractivity contribution >= 4 is 5.95 Å². The van der Waals surface area contributed by atoms with Crippen LogP contribution in [0.4, 0.5) is 5.95 Å². The van der Waals surface area contributed by atoms with Crippen molar-refractivity contribution in [2.24, 2.45) is 5.73 Å². The zero-order chi connectivity index (χ0) is 9.97. The monoisotopic (exact) mass is 192 g/mol. The first-order valence-electron chi connectivity index (χ1n) is 5.13. The Morgan fingerprint density at radius 1 is 1.36 bits per heavy atom. The minimum atomic E-state index is 0.387. The molecule has 0 spiro atoms. The molecule has 1 heterocycles. The molecule has 0 bridgehead atoms. The molecule has 0 unspecified atom stereocenters. The van der Waals surface area contributed by atoms with Crippen LogP contribution in [-0.2, 0) is 6.42 Å². The minimum absolute atomic E-state index is 0.387. The van der Waals surface area contributed by atoms with Gasteiger partial charge < -0.3 is 11.5 Å². The number of rotatable bonds is 3. The molecule has 0 aliphatic heterocycles. The van der Waals surface area contributed by atoms with Gasteiger partial charge in [0.05, 0.1) is 0 Å². The zero-order valence-corrected chi connectivity index (χ0v) is 8.24. The average molecular weight is 192 g/mol. The van der Waals surface area contributed by atoms with Crippen LogP contribution < -0.4 is 11.5 Å². The number of nitrogens with two attached hydrogens (primary N) is 2. The van der Waals surface area contributed by atoms with Gasteiger partial charge in [0.25, 0.3) is 0 Å². The van der Waals surface area contributed by atoms with E-state index >= 15 is 0 Å². The third-order valence-electron chi connectivity index (χ3n) is 2.74. The fourth-order valence-electron chi connectivity index (χ4n) is 1.73. The van der Waals surface area contributed by atoms with Gasteiger partial charge in [0, 0.05) is 23.7 Å². The van der Waals surface area contributed by atoms with Crippen LogP contribution in [0.3, 0.4) is 0 Å². The molecule has 14 heavy (non-hydrogen) atoms. The number of nitrogens with zero attached hydrogens (tertiary/aromatic N) is 2. The van der Waals surface area contributed by atoms with Crippen LogP contribution in [0.5, 0.6) is 0 Å². The SMILES string of the molecule is NCCc1cc(C2CCC2)nc(N)n1. The van der Waals surface area contributed by atoms with Crippen molar-refractivity contribution in [1.29, 1.82) is 0 Å². The normalized spacial score (nSPS) is 16.6. The molecule has 0 atom stereocenters. The van der Waals surface area contributed by atoms with Crippen LogP contribution in [0, 0.1) is 0 Å². The molecule has 4 nitrogen and oxygen atoms in total. The average Bonchev–Trinajstić information content (AvgIpc) is 1.99. The van der Waals surface area contributed by atoms with Crippen LogP contribution in [0.15, 0.2) is 6.07 Å². The first kappa shape index (κ1) is 9.40. The number of aromatic nitrogens is 2. The lowest BCUT2D eigenvalue weighted by molar-refractivity contribution is 0.410. The number of hydrogen-bond acceptors (Lipinski definition) is 4. The summed E-state index contributed by atoms with van der Waals surface area (Å²) in [6.07, 6.45) is 4.56. The summed E-state index contributed by atoms with van der Waals surface area (Å²) in [4.78, 5) is 8.41. The minimum Gasteiger partial charge on any atom is -0.368 e. The Bertz CT molecular complexity index is 320. The predicted molar refractivity (Wildman–Crippen MR) is 55.8 cm³/mol. The lowest BCUT2D eigenvalue weighted by Gasteiger charge is -2.25. The van der Waals surface area contributed by atoms with E-state index < -0.39 is 0 Å². The molecule has 4 heteroatoms. The largest absolute Gasteiger partial charge is 0.368 e. The second-order valence-corrected chi connectivity index (χ2v) is 3.81. The van der Waals surface area contributed by atoms with Crippen molar-refractivity contribution in [3.8, 4) is 0 Å². The van der Waals surface area contributed by atoms with Crippen molar-refractivity contribution < 1.29 is 0 Å². The van der Waals surface area contributed by atoms with Gasteiger partial charge >= 0.3 is 0 Å². The highest BCUT2D eigenvalue weighted by Gasteiger charge is 2.21. The van der Waals surface area contributed by atoms with Crippen LogP contribution >= 0.6 is 0 Å². The predicted octanol–water partition coefficient (Wildman–Crippen LogP) is 0.827. The summed E-state index contributed by atoms with van der Waals surface area (Å²) in [6.45, 7) is 0.612. The van der Waals surface area contributed by atoms with Gasteiger partial charge in [-0.15, -0.1) is 0 Å². The molecule has 1 aliphatic rings. The van der Waals surface area contributed by atoms with Crippen molar-refractivity contribution in [1.82, 2.24) is 9.97 Å². The molecule has 1 fully saturated rings. The number of hydrogen-bond donors (Lipinski definition) is 2. The summed E-state index contributed by atoms with van der Waals surface area (Å²) >= 11 is 0. The van der Waals surface area contributed by atoms with Crippen LogP contribution in [-0.4, -0.2) is 16.5 Å². The van der Waals surface area contributed by atoms with Crippen LogP contribution in [0.1, 0.15) is 36.6 Å². The van der Waals surface area contributed by atoms with E-state index in [2.05, 4.69) is 9.97 Å². The first-order valence-corrected chi connectivity index (χ1v) is 5.13. The van der Waals surface area contributed by atoms with E-state index in [9.17, 15) is 0 Å². The molecule has 76 valence electrons. The van der Waals surface area contributed by atoms with E-state index in [1.165, 1.54) is 19.3 Å². The maximum absolute atomic E-state index is 5.64. The third-order valence-corrected chi connectivity index (χ3v) is 2.74. The van der Waals surface area contributed by atoms with Crippen LogP contribution in [0.25, 0.3) is 0 Å². The molecule has 2 rings (SSSR count). The topological polar surface area (TPSA) is 77.8 Å². The standard InChI is InChI=1S/C10H16N4/c11-5-4-8-6-9(7-2-1-3-7)14-10(12)13-8/h6-7H,1-5,11H2,(H2,12,13,14). The molecule has 0 saturated heterocycles. The maximum atomic E-state index is 5.64. The summed E-state index contributed by atoms with van der Waals surface area (Å²) in [7, 11) is 0. The van der Waals surface area contributed by atoms with Gasteiger partial charge in [-0.3, -0.25) is 0 Å². The molecule has 0 amide bonds. The van der Waals surface area contributed by atoms with Gasteiger partial charge in [0.1, 0.15) is 0 Å². The molecule has 1 aromatic rings. The van der Waals surface area contributed by atoms with Gasteiger partial charge in [-0.2, -0.15) is 0 Å². The van der Waals surface area contributed by atoms with E-state index in [0.29, 0.717) is 18.4 Å². The Morgan fingerprint density at radius 3 is 2.71 bits per heavy atom. The quantitative estimate of drug-likeness (QED) is 0.743. The second kappa shape index (κ2) is 3.92. The number of anilines is 1. The van der Waals surface area contributed by atoms with Crippen molar-refractivity contribution in [3.05, 3.63) is 17.5 Å². The third kappa shape index (κ3) is 1.85. The molecule has 0 radical (unpaired) electrons. The Balaban J connectivity index is 2.21. The van der Waals surface area contributed by atoms with Gasteiger partial charge in [-0.25, -0.2) is 9.97 Å². The lowest BCUT2D eigenvalue weighted by atomic mass is 9.82. The molecule has 1 aliphatic carbocycles. The molecule has 0 aromatic carbocycles. The molecular weight excluding hydrogens is 176 g/mol. The summed E-state index contributed by atoms with van der Waals surface area (Å²) in [5, 5.41) is 0. The fourth-order valence-corrected chi connectivity index (χ4v) is 1.73. The summed E-state index contributed by atoms with van der Waals surface area (Å²) in [6, 6.07) is 2.05. The van der Waals surface area contributed by atoms with Crippen molar-refractivity contribution in [2.75, 3.05) is 12.3 Å². The van der Waals surface area contributed by atoms with E-state index in [-0.39, 0.29) is 0 Å². The highest BCUT2D eigenvalue weighted by atomic mass is 15.0. The van der Waals surface area contributed by atoms with Crippen LogP contribution in [0.2, 0.25) is 0 Å². The van der Waals surface area contributed by atoms with Gasteiger partial charge in [-0.05, 0) is 25.5 Å². The lowest BCUT2D eigenvalue weighted by Crippen LogP contribution is -2.14. The molecule has 4 N–H and O–H groups in total. The van der Waals surface area contributed by atoms with E-state index in [4.69, 9.17) is 11.5 Å². The summed E-state index contributed by atoms with van der Waals surface area (Å²) in [5.74, 6) is 0.995. The second-order valence-electron chi connectivity index (χ2n) is 3.81. The summed E-state index contributed by atoms with van der Waals surface area (Å²) < 4.78 is 0. The van der Waals surface area contributed by atoms with E-state index in [0.717, 1.165) is 17.8 Å². The van der Waals surface area contributed by atoms with Gasteiger partial charge in [-0.1, -0.05) is 6.42 Å². The molecule has 1 saturated carbocycles. The van der Waals surface area contributed by atoms with E-state index in [1.807, 2.05) is 6.07 Å². The number of nitrogen functional groups attached to an aromatic ring is 1. The zero-order valence-electron chi connectivity index (χ0n) is 8.24. The Labute approximate surface area is 83.7 Å². The molecular formula is C10H16N4. The smallest absolute Gasteiger partial charge is 0.220 e. The Kier molecular flexibility index (Phi) is 2.63. The summed E-state index contributed by atoms with van der Waals surface area (Å²) in [5.41, 5.74) is 13.2. The molecule has 1 aromatic heterocycles. The van der Waals surface area contributed by atoms with Gasteiger partial charge in [0.15, 0.2) is 0 Å². The van der Waals surface area contributed by atoms with Crippen molar-refractivity contribution in [2.45, 2.75) is 31.6 Å². The fraction of sp³-hybridized carbons (Fsp3) is 0.600. The Morgan fingerprint density at radius 2 is 2.14 bits per heavy atom. The Hall–Kier alpha value is -1.16. The van der Waals surface area contributed by atoms with E-state index in [1.54, 1.807) is 0 Å². The maximum Gasteiger partial charge on any atom is 0.220 e. The van der Waals surface area contributed by atoms with Gasteiger partial charge in [0.2, 0.25) is 5.95 Å². The first-order chi connectivity index (χ1) is 6.79. The van der Waals surface area contributed by atoms with Crippen molar-refractivity contribution in [3.63, 3.8) is 0 Å². The highest BCUT2D eigenvalue weighted by molar-refractivity contribution is 5.25. The highest BCUT2D eigenvalue weighted by Crippen LogP contribution is 2.35.